The lowest BCUT2D eigenvalue weighted by Gasteiger charge is -2.00. The number of benzene rings is 1. The molecule has 1 amide bonds. The Morgan fingerprint density at radius 2 is 2.07 bits per heavy atom. The number of nitrogens with one attached hydrogen (secondary N) is 1. The summed E-state index contributed by atoms with van der Waals surface area (Å²) in [6.07, 6.45) is 0. The van der Waals surface area contributed by atoms with Crippen LogP contribution in [0.15, 0.2) is 24.3 Å². The van der Waals surface area contributed by atoms with Gasteiger partial charge < -0.3 is 0 Å². The molecule has 5 nitrogen and oxygen atoms in total. The molecule has 1 aromatic carbocycles. The number of amides is 1. The first kappa shape index (κ1) is 10.5. The lowest BCUT2D eigenvalue weighted by molar-refractivity contribution is -0.227. The molecule has 1 rings (SSSR count). The van der Waals surface area contributed by atoms with E-state index < -0.39 is 5.91 Å². The first-order valence-corrected chi connectivity index (χ1v) is 3.92. The molecule has 0 fully saturated rings. The first-order chi connectivity index (χ1) is 6.77. The predicted molar refractivity (Wildman–Crippen MR) is 49.8 cm³/mol. The van der Waals surface area contributed by atoms with Crippen LogP contribution in [0.5, 0.6) is 0 Å². The highest BCUT2D eigenvalue weighted by Gasteiger charge is 2.04. The first-order valence-electron chi connectivity index (χ1n) is 3.55. The smallest absolute Gasteiger partial charge is 0.267 e. The number of thiol groups is 1. The number of rotatable bonds is 3. The number of nitrogens with zero attached hydrogens (tertiary/aromatic N) is 1. The molecule has 0 atom stereocenters. The molecule has 14 heavy (non-hydrogen) atoms. The van der Waals surface area contributed by atoms with Crippen LogP contribution >= 0.6 is 12.9 Å². The van der Waals surface area contributed by atoms with Crippen LogP contribution in [-0.2, 0) is 9.32 Å². The lowest BCUT2D eigenvalue weighted by atomic mass is 10.1. The van der Waals surface area contributed by atoms with E-state index in [0.29, 0.717) is 11.1 Å². The van der Waals surface area contributed by atoms with E-state index in [9.17, 15) is 4.79 Å². The Morgan fingerprint density at radius 3 is 2.57 bits per heavy atom. The van der Waals surface area contributed by atoms with Crippen LogP contribution < -0.4 is 5.48 Å². The summed E-state index contributed by atoms with van der Waals surface area (Å²) < 4.78 is 3.89. The number of hydrogen-bond acceptors (Lipinski definition) is 5. The van der Waals surface area contributed by atoms with Crippen LogP contribution in [0.1, 0.15) is 15.9 Å². The highest BCUT2D eigenvalue weighted by molar-refractivity contribution is 7.74. The number of carbonyl (C=O) groups is 1. The van der Waals surface area contributed by atoms with Crippen LogP contribution in [-0.4, -0.2) is 5.91 Å². The molecular weight excluding hydrogens is 204 g/mol. The lowest BCUT2D eigenvalue weighted by Crippen LogP contribution is -2.22. The molecule has 1 N–H and O–H groups in total. The summed E-state index contributed by atoms with van der Waals surface area (Å²) in [4.78, 5) is 15.3. The maximum absolute atomic E-state index is 11.2. The van der Waals surface area contributed by atoms with Gasteiger partial charge in [-0.3, -0.25) is 4.79 Å². The zero-order valence-electron chi connectivity index (χ0n) is 6.93. The van der Waals surface area contributed by atoms with Gasteiger partial charge in [-0.25, -0.2) is 0 Å². The van der Waals surface area contributed by atoms with Crippen LogP contribution in [0.3, 0.4) is 0 Å². The maximum Gasteiger partial charge on any atom is 0.277 e. The minimum atomic E-state index is -0.483. The quantitative estimate of drug-likeness (QED) is 0.338. The molecule has 0 aliphatic rings. The van der Waals surface area contributed by atoms with Crippen molar-refractivity contribution >= 4 is 18.8 Å². The van der Waals surface area contributed by atoms with Crippen molar-refractivity contribution in [3.8, 4) is 6.07 Å². The van der Waals surface area contributed by atoms with Gasteiger partial charge in [0.1, 0.15) is 0 Å². The van der Waals surface area contributed by atoms with Crippen LogP contribution in [0.2, 0.25) is 0 Å². The molecule has 0 saturated carbocycles. The zero-order valence-corrected chi connectivity index (χ0v) is 7.82. The molecule has 0 spiro atoms. The van der Waals surface area contributed by atoms with E-state index in [1.165, 1.54) is 24.3 Å². The summed E-state index contributed by atoms with van der Waals surface area (Å²) in [6.45, 7) is 0. The van der Waals surface area contributed by atoms with Crippen molar-refractivity contribution in [3.05, 3.63) is 35.4 Å². The van der Waals surface area contributed by atoms with Gasteiger partial charge in [0.25, 0.3) is 5.91 Å². The summed E-state index contributed by atoms with van der Waals surface area (Å²) >= 11 is 3.26. The van der Waals surface area contributed by atoms with E-state index in [0.717, 1.165) is 0 Å². The van der Waals surface area contributed by atoms with Gasteiger partial charge in [-0.15, -0.1) is 4.33 Å². The average Bonchev–Trinajstić information content (AvgIpc) is 2.26. The van der Waals surface area contributed by atoms with Crippen molar-refractivity contribution in [2.75, 3.05) is 0 Å². The highest BCUT2D eigenvalue weighted by atomic mass is 32.1. The Balaban J connectivity index is 2.68. The summed E-state index contributed by atoms with van der Waals surface area (Å²) in [5.74, 6) is -0.483. The van der Waals surface area contributed by atoms with Crippen LogP contribution in [0.25, 0.3) is 0 Å². The minimum absolute atomic E-state index is 0.356. The summed E-state index contributed by atoms with van der Waals surface area (Å²) in [7, 11) is 0. The summed E-state index contributed by atoms with van der Waals surface area (Å²) in [6, 6.07) is 7.98. The average molecular weight is 210 g/mol. The fourth-order valence-electron chi connectivity index (χ4n) is 0.812. The van der Waals surface area contributed by atoms with Gasteiger partial charge in [-0.1, -0.05) is 4.99 Å². The van der Waals surface area contributed by atoms with Crippen molar-refractivity contribution in [1.29, 1.82) is 5.26 Å². The SMILES string of the molecule is N#Cc1ccc(C(=O)NOOS)cc1. The zero-order chi connectivity index (χ0) is 10.4. The Kier molecular flexibility index (Phi) is 3.94. The third kappa shape index (κ3) is 2.74. The monoisotopic (exact) mass is 210 g/mol. The van der Waals surface area contributed by atoms with E-state index in [1.807, 2.05) is 11.5 Å². The normalized spacial score (nSPS) is 9.14. The number of hydrogen-bond donors (Lipinski definition) is 2. The molecule has 0 aliphatic heterocycles. The molecule has 0 heterocycles. The van der Waals surface area contributed by atoms with Gasteiger partial charge >= 0.3 is 0 Å². The predicted octanol–water partition coefficient (Wildman–Crippen LogP) is 0.996. The van der Waals surface area contributed by atoms with E-state index in [1.54, 1.807) is 0 Å². The van der Waals surface area contributed by atoms with Crippen molar-refractivity contribution in [1.82, 2.24) is 5.48 Å². The summed E-state index contributed by atoms with van der Waals surface area (Å²) in [5, 5.41) is 8.50. The topological polar surface area (TPSA) is 71.4 Å². The van der Waals surface area contributed by atoms with Crippen LogP contribution in [0, 0.1) is 11.3 Å². The second-order valence-corrected chi connectivity index (χ2v) is 2.43. The third-order valence-electron chi connectivity index (χ3n) is 1.45. The fraction of sp³-hybridized carbons (Fsp3) is 0. The standard InChI is InChI=1S/C8H6N2O3S/c9-5-6-1-3-7(4-2-6)8(11)10-12-13-14/h1-4,14H,(H,10,11). The maximum atomic E-state index is 11.2. The van der Waals surface area contributed by atoms with Gasteiger partial charge in [0.05, 0.1) is 11.6 Å². The molecule has 0 saturated heterocycles. The molecule has 0 bridgehead atoms. The molecule has 0 aromatic heterocycles. The van der Waals surface area contributed by atoms with Crippen molar-refractivity contribution < 1.29 is 14.1 Å². The second-order valence-electron chi connectivity index (χ2n) is 2.28. The second kappa shape index (κ2) is 5.24. The fourth-order valence-corrected chi connectivity index (χ4v) is 0.849. The Morgan fingerprint density at radius 1 is 1.43 bits per heavy atom. The van der Waals surface area contributed by atoms with Gasteiger partial charge in [-0.05, 0) is 24.3 Å². The molecule has 0 aliphatic carbocycles. The van der Waals surface area contributed by atoms with E-state index in [4.69, 9.17) is 5.26 Å². The Bertz CT molecular complexity index is 358. The van der Waals surface area contributed by atoms with E-state index in [-0.39, 0.29) is 0 Å². The molecule has 72 valence electrons. The van der Waals surface area contributed by atoms with Gasteiger partial charge in [-0.2, -0.15) is 10.7 Å². The molecule has 0 unspecified atom stereocenters. The molecule has 6 heteroatoms. The molecular formula is C8H6N2O3S. The Labute approximate surface area is 85.7 Å². The Hall–Kier alpha value is -1.55. The number of nitriles is 1. The number of carbonyl (C=O) groups excluding carboxylic acids is 1. The summed E-state index contributed by atoms with van der Waals surface area (Å²) in [5.41, 5.74) is 2.80. The third-order valence-corrected chi connectivity index (χ3v) is 1.52. The molecule has 1 aromatic rings. The van der Waals surface area contributed by atoms with Crippen LogP contribution in [0.4, 0.5) is 0 Å². The number of hydroxylamine groups is 1. The largest absolute Gasteiger partial charge is 0.277 e. The van der Waals surface area contributed by atoms with Crippen molar-refractivity contribution in [2.45, 2.75) is 0 Å². The van der Waals surface area contributed by atoms with Crippen molar-refractivity contribution in [2.24, 2.45) is 0 Å². The van der Waals surface area contributed by atoms with Gasteiger partial charge in [0.2, 0.25) is 0 Å². The van der Waals surface area contributed by atoms with E-state index in [2.05, 4.69) is 22.2 Å². The van der Waals surface area contributed by atoms with Gasteiger partial charge in [0.15, 0.2) is 0 Å². The minimum Gasteiger partial charge on any atom is -0.267 e. The van der Waals surface area contributed by atoms with Gasteiger partial charge in [0, 0.05) is 18.5 Å². The van der Waals surface area contributed by atoms with Crippen molar-refractivity contribution in [3.63, 3.8) is 0 Å². The highest BCUT2D eigenvalue weighted by Crippen LogP contribution is 2.02. The molecule has 0 radical (unpaired) electrons. The van der Waals surface area contributed by atoms with E-state index >= 15 is 0 Å².